The number of nitro groups is 1. The number of hydrogen-bond acceptors (Lipinski definition) is 5. The molecule has 1 aliphatic heterocycles. The Bertz CT molecular complexity index is 666. The van der Waals surface area contributed by atoms with Crippen LogP contribution in [0, 0.1) is 10.1 Å². The Morgan fingerprint density at radius 2 is 1.85 bits per heavy atom. The van der Waals surface area contributed by atoms with Gasteiger partial charge in [-0.15, -0.1) is 0 Å². The van der Waals surface area contributed by atoms with Crippen LogP contribution in [0.4, 0.5) is 5.69 Å². The number of piperazine rings is 1. The molecular formula is C18H28N6O3. The number of carbonyl (C=O) groups excluding carboxylic acids is 1. The molecule has 0 atom stereocenters. The van der Waals surface area contributed by atoms with Crippen molar-refractivity contribution in [2.45, 2.75) is 26.4 Å². The molecule has 1 aromatic rings. The van der Waals surface area contributed by atoms with Gasteiger partial charge in [0.05, 0.1) is 11.5 Å². The van der Waals surface area contributed by atoms with Crippen molar-refractivity contribution in [3.63, 3.8) is 0 Å². The number of nitro benzene ring substituents is 1. The summed E-state index contributed by atoms with van der Waals surface area (Å²) in [6.07, 6.45) is 0. The second-order valence-corrected chi connectivity index (χ2v) is 6.81. The van der Waals surface area contributed by atoms with Crippen LogP contribution < -0.4 is 10.6 Å². The van der Waals surface area contributed by atoms with Crippen LogP contribution in [0.15, 0.2) is 29.3 Å². The minimum atomic E-state index is -0.406. The van der Waals surface area contributed by atoms with E-state index in [-0.39, 0.29) is 17.6 Å². The summed E-state index contributed by atoms with van der Waals surface area (Å²) in [5.74, 6) is 0.846. The molecule has 1 aromatic carbocycles. The lowest BCUT2D eigenvalue weighted by atomic mass is 10.2. The maximum atomic E-state index is 11.9. The van der Waals surface area contributed by atoms with E-state index in [1.165, 1.54) is 12.1 Å². The number of nitrogens with zero attached hydrogens (tertiary/aromatic N) is 4. The van der Waals surface area contributed by atoms with Crippen LogP contribution in [0.3, 0.4) is 0 Å². The van der Waals surface area contributed by atoms with Gasteiger partial charge in [-0.3, -0.25) is 24.8 Å². The molecule has 148 valence electrons. The molecule has 0 bridgehead atoms. The first-order chi connectivity index (χ1) is 12.9. The van der Waals surface area contributed by atoms with Gasteiger partial charge in [0.1, 0.15) is 0 Å². The van der Waals surface area contributed by atoms with Crippen molar-refractivity contribution < 1.29 is 9.72 Å². The minimum Gasteiger partial charge on any atom is -0.353 e. The smallest absolute Gasteiger partial charge is 0.269 e. The molecule has 2 N–H and O–H groups in total. The van der Waals surface area contributed by atoms with Crippen molar-refractivity contribution in [2.75, 3.05) is 39.8 Å². The fourth-order valence-corrected chi connectivity index (χ4v) is 2.94. The van der Waals surface area contributed by atoms with Crippen molar-refractivity contribution in [3.05, 3.63) is 39.9 Å². The van der Waals surface area contributed by atoms with Crippen molar-refractivity contribution in [2.24, 2.45) is 4.99 Å². The number of amides is 1. The molecule has 1 amide bonds. The fourth-order valence-electron chi connectivity index (χ4n) is 2.94. The maximum Gasteiger partial charge on any atom is 0.269 e. The van der Waals surface area contributed by atoms with E-state index in [0.29, 0.717) is 13.1 Å². The molecule has 27 heavy (non-hydrogen) atoms. The summed E-state index contributed by atoms with van der Waals surface area (Å²) in [5.41, 5.74) is 1.03. The van der Waals surface area contributed by atoms with Crippen molar-refractivity contribution in [1.82, 2.24) is 20.4 Å². The van der Waals surface area contributed by atoms with Gasteiger partial charge in [0, 0.05) is 57.9 Å². The van der Waals surface area contributed by atoms with Gasteiger partial charge in [-0.1, -0.05) is 12.1 Å². The van der Waals surface area contributed by atoms with Gasteiger partial charge in [0.2, 0.25) is 5.91 Å². The second-order valence-electron chi connectivity index (χ2n) is 6.81. The van der Waals surface area contributed by atoms with Crippen LogP contribution >= 0.6 is 0 Å². The second kappa shape index (κ2) is 9.86. The first-order valence-corrected chi connectivity index (χ1v) is 9.09. The lowest BCUT2D eigenvalue weighted by Crippen LogP contribution is -2.54. The first-order valence-electron chi connectivity index (χ1n) is 9.09. The first kappa shape index (κ1) is 20.6. The molecule has 0 unspecified atom stereocenters. The molecule has 0 spiro atoms. The van der Waals surface area contributed by atoms with Gasteiger partial charge in [-0.2, -0.15) is 0 Å². The predicted molar refractivity (Wildman–Crippen MR) is 105 cm³/mol. The fraction of sp³-hybridized carbons (Fsp3) is 0.556. The number of benzene rings is 1. The third-order valence-corrected chi connectivity index (χ3v) is 4.30. The Hall–Kier alpha value is -2.68. The topological polar surface area (TPSA) is 103 Å². The van der Waals surface area contributed by atoms with E-state index in [9.17, 15) is 14.9 Å². The van der Waals surface area contributed by atoms with Crippen molar-refractivity contribution in [1.29, 1.82) is 0 Å². The Morgan fingerprint density at radius 3 is 2.37 bits per heavy atom. The highest BCUT2D eigenvalue weighted by Gasteiger charge is 2.21. The lowest BCUT2D eigenvalue weighted by molar-refractivity contribution is -0.384. The molecule has 1 aliphatic rings. The molecule has 1 fully saturated rings. The third kappa shape index (κ3) is 6.52. The molecule has 2 rings (SSSR count). The molecule has 9 nitrogen and oxygen atoms in total. The normalized spacial score (nSPS) is 15.7. The van der Waals surface area contributed by atoms with Gasteiger partial charge in [-0.05, 0) is 19.4 Å². The largest absolute Gasteiger partial charge is 0.353 e. The number of rotatable bonds is 6. The third-order valence-electron chi connectivity index (χ3n) is 4.30. The molecule has 0 aromatic heterocycles. The molecule has 0 radical (unpaired) electrons. The molecule has 1 saturated heterocycles. The van der Waals surface area contributed by atoms with Gasteiger partial charge >= 0.3 is 0 Å². The van der Waals surface area contributed by atoms with E-state index in [4.69, 9.17) is 0 Å². The van der Waals surface area contributed by atoms with Gasteiger partial charge < -0.3 is 15.5 Å². The Labute approximate surface area is 159 Å². The number of nitrogens with one attached hydrogen (secondary N) is 2. The van der Waals surface area contributed by atoms with Crippen LogP contribution in [0.2, 0.25) is 0 Å². The number of non-ortho nitro benzene ring substituents is 1. The number of carbonyl (C=O) groups is 1. The van der Waals surface area contributed by atoms with Crippen molar-refractivity contribution in [3.8, 4) is 0 Å². The SMILES string of the molecule is CN=C(NCc1ccc([N+](=O)[O-])cc1)N1CCN(CC(=O)NC(C)C)CC1. The van der Waals surface area contributed by atoms with E-state index in [0.717, 1.165) is 37.7 Å². The molecule has 9 heteroatoms. The highest BCUT2D eigenvalue weighted by atomic mass is 16.6. The van der Waals surface area contributed by atoms with Crippen LogP contribution in [-0.4, -0.2) is 72.4 Å². The minimum absolute atomic E-state index is 0.0547. The Morgan fingerprint density at radius 1 is 1.22 bits per heavy atom. The Balaban J connectivity index is 1.79. The molecule has 0 aliphatic carbocycles. The average molecular weight is 376 g/mol. The zero-order chi connectivity index (χ0) is 19.8. The standard InChI is InChI=1S/C18H28N6O3/c1-14(2)21-17(25)13-22-8-10-23(11-9-22)18(19-3)20-12-15-4-6-16(7-5-15)24(26)27/h4-7,14H,8-13H2,1-3H3,(H,19,20)(H,21,25). The van der Waals surface area contributed by atoms with Crippen molar-refractivity contribution >= 4 is 17.6 Å². The van der Waals surface area contributed by atoms with Crippen LogP contribution in [0.25, 0.3) is 0 Å². The molecule has 1 heterocycles. The summed E-state index contributed by atoms with van der Waals surface area (Å²) in [7, 11) is 1.74. The summed E-state index contributed by atoms with van der Waals surface area (Å²) in [6.45, 7) is 8.03. The Kier molecular flexibility index (Phi) is 7.54. The number of aliphatic imine (C=N–C) groups is 1. The average Bonchev–Trinajstić information content (AvgIpc) is 2.63. The molecular weight excluding hydrogens is 348 g/mol. The van der Waals surface area contributed by atoms with E-state index >= 15 is 0 Å². The van der Waals surface area contributed by atoms with Crippen LogP contribution in [0.1, 0.15) is 19.4 Å². The summed E-state index contributed by atoms with van der Waals surface area (Å²) in [4.78, 5) is 30.8. The maximum absolute atomic E-state index is 11.9. The highest BCUT2D eigenvalue weighted by molar-refractivity contribution is 5.80. The van der Waals surface area contributed by atoms with E-state index in [1.54, 1.807) is 19.2 Å². The van der Waals surface area contributed by atoms with E-state index < -0.39 is 4.92 Å². The zero-order valence-corrected chi connectivity index (χ0v) is 16.1. The monoisotopic (exact) mass is 376 g/mol. The van der Waals surface area contributed by atoms with Crippen LogP contribution in [0.5, 0.6) is 0 Å². The summed E-state index contributed by atoms with van der Waals surface area (Å²) >= 11 is 0. The quantitative estimate of drug-likeness (QED) is 0.330. The summed E-state index contributed by atoms with van der Waals surface area (Å²) in [6, 6.07) is 6.63. The van der Waals surface area contributed by atoms with Gasteiger partial charge in [0.25, 0.3) is 5.69 Å². The van der Waals surface area contributed by atoms with Crippen LogP contribution in [-0.2, 0) is 11.3 Å². The lowest BCUT2D eigenvalue weighted by Gasteiger charge is -2.36. The predicted octanol–water partition coefficient (Wildman–Crippen LogP) is 0.812. The summed E-state index contributed by atoms with van der Waals surface area (Å²) < 4.78 is 0. The molecule has 0 saturated carbocycles. The number of guanidine groups is 1. The van der Waals surface area contributed by atoms with Gasteiger partial charge in [-0.25, -0.2) is 0 Å². The summed E-state index contributed by atoms with van der Waals surface area (Å²) in [5, 5.41) is 16.9. The zero-order valence-electron chi connectivity index (χ0n) is 16.1. The van der Waals surface area contributed by atoms with E-state index in [2.05, 4.69) is 25.4 Å². The number of hydrogen-bond donors (Lipinski definition) is 2. The van der Waals surface area contributed by atoms with E-state index in [1.807, 2.05) is 13.8 Å². The van der Waals surface area contributed by atoms with Gasteiger partial charge in [0.15, 0.2) is 5.96 Å². The highest BCUT2D eigenvalue weighted by Crippen LogP contribution is 2.12.